The summed E-state index contributed by atoms with van der Waals surface area (Å²) < 4.78 is 6.06. The van der Waals surface area contributed by atoms with Crippen LogP contribution in [0.2, 0.25) is 0 Å². The normalized spacial score (nSPS) is 42.2. The Morgan fingerprint density at radius 2 is 1.89 bits per heavy atom. The van der Waals surface area contributed by atoms with Gasteiger partial charge in [0.1, 0.15) is 6.10 Å². The molecule has 156 valence electrons. The highest BCUT2D eigenvalue weighted by Gasteiger charge is 2.59. The first-order valence-corrected chi connectivity index (χ1v) is 11.8. The van der Waals surface area contributed by atoms with Gasteiger partial charge in [-0.05, 0) is 80.6 Å². The summed E-state index contributed by atoms with van der Waals surface area (Å²) in [5.41, 5.74) is 1.82. The summed E-state index contributed by atoms with van der Waals surface area (Å²) in [6.45, 7) is 7.01. The molecule has 4 aliphatic rings. The predicted molar refractivity (Wildman–Crippen MR) is 111 cm³/mol. The lowest BCUT2D eigenvalue weighted by molar-refractivity contribution is -0.160. The molecular weight excluding hydrogens is 348 g/mol. The van der Waals surface area contributed by atoms with Crippen molar-refractivity contribution < 1.29 is 14.3 Å². The minimum Gasteiger partial charge on any atom is -0.462 e. The highest BCUT2D eigenvalue weighted by atomic mass is 16.5. The molecule has 0 aromatic carbocycles. The van der Waals surface area contributed by atoms with Gasteiger partial charge in [0.2, 0.25) is 0 Å². The molecule has 0 unspecified atom stereocenters. The topological polar surface area (TPSA) is 43.4 Å². The molecule has 0 aromatic heterocycles. The fraction of sp³-hybridized carbons (Fsp3) is 0.840. The lowest BCUT2D eigenvalue weighted by atomic mass is 9.47. The quantitative estimate of drug-likeness (QED) is 0.429. The second-order valence-corrected chi connectivity index (χ2v) is 10.5. The molecule has 4 rings (SSSR count). The van der Waals surface area contributed by atoms with Crippen LogP contribution in [0.1, 0.15) is 97.8 Å². The number of ether oxygens (including phenoxy) is 1. The Labute approximate surface area is 170 Å². The van der Waals surface area contributed by atoms with Crippen LogP contribution >= 0.6 is 0 Å². The highest BCUT2D eigenvalue weighted by Crippen LogP contribution is 2.65. The van der Waals surface area contributed by atoms with E-state index in [1.54, 1.807) is 0 Å². The first-order chi connectivity index (χ1) is 13.4. The van der Waals surface area contributed by atoms with Crippen molar-refractivity contribution in [1.82, 2.24) is 0 Å². The van der Waals surface area contributed by atoms with Gasteiger partial charge < -0.3 is 4.74 Å². The van der Waals surface area contributed by atoms with Crippen molar-refractivity contribution in [3.8, 4) is 0 Å². The van der Waals surface area contributed by atoms with Gasteiger partial charge in [-0.1, -0.05) is 39.2 Å². The molecule has 0 aliphatic heterocycles. The second-order valence-electron chi connectivity index (χ2n) is 10.5. The summed E-state index contributed by atoms with van der Waals surface area (Å²) in [6.07, 6.45) is 14.6. The van der Waals surface area contributed by atoms with E-state index in [-0.39, 0.29) is 22.9 Å². The van der Waals surface area contributed by atoms with Gasteiger partial charge in [0.25, 0.3) is 0 Å². The van der Waals surface area contributed by atoms with Crippen LogP contribution in [-0.2, 0) is 14.3 Å². The molecule has 6 atom stereocenters. The average molecular weight is 387 g/mol. The summed E-state index contributed by atoms with van der Waals surface area (Å²) in [5.74, 6) is 2.47. The number of hydrogen-bond donors (Lipinski definition) is 0. The minimum atomic E-state index is 0.0223. The summed E-state index contributed by atoms with van der Waals surface area (Å²) in [5, 5.41) is 0. The van der Waals surface area contributed by atoms with Crippen LogP contribution in [0.25, 0.3) is 0 Å². The zero-order valence-electron chi connectivity index (χ0n) is 18.1. The molecule has 0 radical (unpaired) electrons. The Morgan fingerprint density at radius 3 is 2.68 bits per heavy atom. The molecule has 3 nitrogen and oxygen atoms in total. The number of carbonyl (C=O) groups excluding carboxylic acids is 2. The molecule has 0 spiro atoms. The molecule has 3 fully saturated rings. The van der Waals surface area contributed by atoms with Gasteiger partial charge in [0.05, 0.1) is 0 Å². The molecule has 28 heavy (non-hydrogen) atoms. The van der Waals surface area contributed by atoms with Gasteiger partial charge in [-0.25, -0.2) is 0 Å². The molecule has 3 heteroatoms. The molecule has 4 aliphatic carbocycles. The van der Waals surface area contributed by atoms with Gasteiger partial charge in [-0.3, -0.25) is 9.59 Å². The third-order valence-corrected chi connectivity index (χ3v) is 9.13. The number of esters is 1. The Hall–Kier alpha value is -1.12. The molecule has 0 saturated heterocycles. The number of allylic oxidation sites excluding steroid dienone is 1. The summed E-state index contributed by atoms with van der Waals surface area (Å²) in [4.78, 5) is 24.4. The van der Waals surface area contributed by atoms with Gasteiger partial charge in [-0.15, -0.1) is 0 Å². The Bertz CT molecular complexity index is 665. The van der Waals surface area contributed by atoms with E-state index in [1.165, 1.54) is 31.3 Å². The monoisotopic (exact) mass is 386 g/mol. The third-order valence-electron chi connectivity index (χ3n) is 9.13. The average Bonchev–Trinajstić information content (AvgIpc) is 2.99. The van der Waals surface area contributed by atoms with Gasteiger partial charge >= 0.3 is 5.97 Å². The van der Waals surface area contributed by atoms with Crippen molar-refractivity contribution in [2.45, 2.75) is 104 Å². The molecule has 0 bridgehead atoms. The predicted octanol–water partition coefficient (Wildman–Crippen LogP) is 6.01. The van der Waals surface area contributed by atoms with Crippen molar-refractivity contribution in [2.24, 2.45) is 28.6 Å². The number of ketones is 1. The first-order valence-electron chi connectivity index (χ1n) is 11.8. The first kappa shape index (κ1) is 20.2. The van der Waals surface area contributed by atoms with Crippen LogP contribution in [0.5, 0.6) is 0 Å². The highest BCUT2D eigenvalue weighted by molar-refractivity contribution is 5.91. The Morgan fingerprint density at radius 1 is 1.07 bits per heavy atom. The van der Waals surface area contributed by atoms with E-state index in [2.05, 4.69) is 20.8 Å². The van der Waals surface area contributed by atoms with E-state index in [9.17, 15) is 9.59 Å². The largest absolute Gasteiger partial charge is 0.462 e. The SMILES string of the molecule is CCCCCC(=O)O[C@H]1CC[C@@H]2[C@@H]3CCC4=CC(=O)CC[C@]4(C)[C@@H]3CC[C@]12C. The molecular formula is C25H38O3. The van der Waals surface area contributed by atoms with Crippen LogP contribution in [0, 0.1) is 28.6 Å². The molecule has 0 N–H and O–H groups in total. The Balaban J connectivity index is 1.47. The molecule has 0 heterocycles. The maximum absolute atomic E-state index is 12.4. The van der Waals surface area contributed by atoms with Crippen LogP contribution in [0.3, 0.4) is 0 Å². The molecule has 0 aromatic rings. The zero-order chi connectivity index (χ0) is 19.9. The standard InChI is InChI=1S/C25H38O3/c1-4-5-6-7-23(27)28-22-11-10-20-19-9-8-17-16-18(26)12-14-24(17,2)21(19)13-15-25(20,22)3/h16,19-22H,4-15H2,1-3H3/t19-,20+,21+,22-,24-,25-/m0/s1. The van der Waals surface area contributed by atoms with Crippen molar-refractivity contribution in [2.75, 3.05) is 0 Å². The van der Waals surface area contributed by atoms with E-state index >= 15 is 0 Å². The van der Waals surface area contributed by atoms with Crippen molar-refractivity contribution in [3.63, 3.8) is 0 Å². The molecule has 3 saturated carbocycles. The van der Waals surface area contributed by atoms with Gasteiger partial charge in [0.15, 0.2) is 5.78 Å². The van der Waals surface area contributed by atoms with E-state index in [0.29, 0.717) is 24.0 Å². The lowest BCUT2D eigenvalue weighted by Crippen LogP contribution is -2.51. The smallest absolute Gasteiger partial charge is 0.306 e. The van der Waals surface area contributed by atoms with Crippen molar-refractivity contribution in [1.29, 1.82) is 0 Å². The molecule has 0 amide bonds. The van der Waals surface area contributed by atoms with Gasteiger partial charge in [-0.2, -0.15) is 0 Å². The Kier molecular flexibility index (Phi) is 5.48. The lowest BCUT2D eigenvalue weighted by Gasteiger charge is -2.57. The fourth-order valence-electron chi connectivity index (χ4n) is 7.44. The van der Waals surface area contributed by atoms with Crippen molar-refractivity contribution >= 4 is 11.8 Å². The summed E-state index contributed by atoms with van der Waals surface area (Å²) in [7, 11) is 0. The fourth-order valence-corrected chi connectivity index (χ4v) is 7.44. The van der Waals surface area contributed by atoms with E-state index in [1.807, 2.05) is 6.08 Å². The van der Waals surface area contributed by atoms with Gasteiger partial charge in [0, 0.05) is 18.3 Å². The van der Waals surface area contributed by atoms with Crippen LogP contribution in [-0.4, -0.2) is 17.9 Å². The van der Waals surface area contributed by atoms with Crippen molar-refractivity contribution in [3.05, 3.63) is 11.6 Å². The van der Waals surface area contributed by atoms with E-state index in [0.717, 1.165) is 50.9 Å². The summed E-state index contributed by atoms with van der Waals surface area (Å²) >= 11 is 0. The maximum Gasteiger partial charge on any atom is 0.306 e. The third kappa shape index (κ3) is 3.27. The van der Waals surface area contributed by atoms with Crippen LogP contribution in [0.15, 0.2) is 11.6 Å². The minimum absolute atomic E-state index is 0.0223. The number of hydrogen-bond acceptors (Lipinski definition) is 3. The number of fused-ring (bicyclic) bond motifs is 5. The summed E-state index contributed by atoms with van der Waals surface area (Å²) in [6, 6.07) is 0. The van der Waals surface area contributed by atoms with Crippen LogP contribution in [0.4, 0.5) is 0 Å². The maximum atomic E-state index is 12.4. The second kappa shape index (κ2) is 7.61. The number of carbonyl (C=O) groups is 2. The zero-order valence-corrected chi connectivity index (χ0v) is 18.1. The number of unbranched alkanes of at least 4 members (excludes halogenated alkanes) is 2. The van der Waals surface area contributed by atoms with E-state index < -0.39 is 0 Å². The van der Waals surface area contributed by atoms with E-state index in [4.69, 9.17) is 4.74 Å². The van der Waals surface area contributed by atoms with Crippen LogP contribution < -0.4 is 0 Å². The number of rotatable bonds is 5.